The second-order valence-electron chi connectivity index (χ2n) is 11.0. The maximum atomic E-state index is 13.4. The quantitative estimate of drug-likeness (QED) is 0.404. The fourth-order valence-corrected chi connectivity index (χ4v) is 5.15. The van der Waals surface area contributed by atoms with Crippen molar-refractivity contribution >= 4 is 46.5 Å². The van der Waals surface area contributed by atoms with Gasteiger partial charge in [0.1, 0.15) is 34.5 Å². The van der Waals surface area contributed by atoms with Crippen LogP contribution in [0, 0.1) is 12.8 Å². The maximum Gasteiger partial charge on any atom is 0.410 e. The van der Waals surface area contributed by atoms with Crippen LogP contribution >= 0.6 is 11.7 Å². The van der Waals surface area contributed by atoms with Crippen molar-refractivity contribution < 1.29 is 19.1 Å². The third-order valence-corrected chi connectivity index (χ3v) is 7.14. The second-order valence-corrected chi connectivity index (χ2v) is 11.5. The number of aryl methyl sites for hydroxylation is 1. The van der Waals surface area contributed by atoms with Crippen LogP contribution in [-0.2, 0) is 27.3 Å². The van der Waals surface area contributed by atoms with Gasteiger partial charge in [0.05, 0.1) is 11.7 Å². The Hall–Kier alpha value is -3.80. The fraction of sp³-hybridized carbons (Fsp3) is 0.481. The van der Waals surface area contributed by atoms with Crippen molar-refractivity contribution in [3.05, 3.63) is 47.2 Å². The van der Waals surface area contributed by atoms with E-state index in [9.17, 15) is 14.4 Å². The highest BCUT2D eigenvalue weighted by atomic mass is 32.1. The summed E-state index contributed by atoms with van der Waals surface area (Å²) in [4.78, 5) is 44.8. The lowest BCUT2D eigenvalue weighted by molar-refractivity contribution is -0.131. The normalized spacial score (nSPS) is 18.1. The van der Waals surface area contributed by atoms with Crippen LogP contribution < -0.4 is 16.4 Å². The smallest absolute Gasteiger partial charge is 0.410 e. The van der Waals surface area contributed by atoms with Crippen molar-refractivity contribution in [1.82, 2.24) is 29.3 Å². The van der Waals surface area contributed by atoms with Gasteiger partial charge >= 0.3 is 6.09 Å². The van der Waals surface area contributed by atoms with Gasteiger partial charge < -0.3 is 21.1 Å². The van der Waals surface area contributed by atoms with Crippen molar-refractivity contribution in [3.63, 3.8) is 0 Å². The number of carbonyl (C=O) groups excluding carboxylic acids is 3. The first kappa shape index (κ1) is 28.2. The molecule has 3 amide bonds. The standard InChI is InChI=1S/C27H35N7O4S/c1-15-19(7-9-23(28)30-15)13-29-24(35)16(2)31-25(36)22-12-18(14-34(22)26(37)38-27(3,4)5)10-17-6-8-20-21(11-17)33-39-32-20/h6-9,11,16,18,22H,10,12-14H2,1-5H3,(H2,28,30)(H,29,35)(H,31,36)/t16-,18-,22+/m0/s1. The first-order valence-corrected chi connectivity index (χ1v) is 13.6. The molecule has 12 heteroatoms. The number of rotatable bonds is 7. The minimum absolute atomic E-state index is 0.0300. The Balaban J connectivity index is 1.41. The lowest BCUT2D eigenvalue weighted by atomic mass is 9.96. The van der Waals surface area contributed by atoms with Gasteiger partial charge in [-0.1, -0.05) is 12.1 Å². The number of nitrogen functional groups attached to an aromatic ring is 1. The summed E-state index contributed by atoms with van der Waals surface area (Å²) in [7, 11) is 0. The van der Waals surface area contributed by atoms with Crippen LogP contribution in [0.2, 0.25) is 0 Å². The molecule has 2 aromatic heterocycles. The zero-order valence-corrected chi connectivity index (χ0v) is 23.7. The molecule has 0 spiro atoms. The van der Waals surface area contributed by atoms with E-state index >= 15 is 0 Å². The summed E-state index contributed by atoms with van der Waals surface area (Å²) in [6, 6.07) is 7.84. The summed E-state index contributed by atoms with van der Waals surface area (Å²) in [6.45, 7) is 9.41. The highest BCUT2D eigenvalue weighted by molar-refractivity contribution is 7.00. The monoisotopic (exact) mass is 553 g/mol. The zero-order valence-electron chi connectivity index (χ0n) is 22.9. The molecule has 3 atom stereocenters. The summed E-state index contributed by atoms with van der Waals surface area (Å²) >= 11 is 1.17. The molecule has 3 heterocycles. The summed E-state index contributed by atoms with van der Waals surface area (Å²) in [5.74, 6) is -0.297. The van der Waals surface area contributed by atoms with E-state index in [-0.39, 0.29) is 18.4 Å². The van der Waals surface area contributed by atoms with Crippen molar-refractivity contribution in [3.8, 4) is 0 Å². The van der Waals surface area contributed by atoms with Crippen LogP contribution in [0.4, 0.5) is 10.6 Å². The van der Waals surface area contributed by atoms with E-state index in [1.54, 1.807) is 39.8 Å². The van der Waals surface area contributed by atoms with Crippen LogP contribution in [0.1, 0.15) is 50.9 Å². The molecule has 0 aliphatic carbocycles. The number of benzene rings is 1. The molecule has 11 nitrogen and oxygen atoms in total. The van der Waals surface area contributed by atoms with E-state index in [0.29, 0.717) is 25.2 Å². The molecule has 0 radical (unpaired) electrons. The SMILES string of the molecule is Cc1nc(N)ccc1CNC(=O)[C@H](C)NC(=O)[C@H]1C[C@H](Cc2ccc3nsnc3c2)CN1C(=O)OC(C)(C)C. The Morgan fingerprint density at radius 1 is 1.18 bits per heavy atom. The average Bonchev–Trinajstić information content (AvgIpc) is 3.49. The number of hydrogen-bond donors (Lipinski definition) is 3. The number of carbonyl (C=O) groups is 3. The Morgan fingerprint density at radius 3 is 2.64 bits per heavy atom. The Kier molecular flexibility index (Phi) is 8.34. The van der Waals surface area contributed by atoms with Gasteiger partial charge in [0.15, 0.2) is 0 Å². The van der Waals surface area contributed by atoms with Crippen molar-refractivity contribution in [2.75, 3.05) is 12.3 Å². The number of hydrogen-bond acceptors (Lipinski definition) is 9. The minimum Gasteiger partial charge on any atom is -0.444 e. The highest BCUT2D eigenvalue weighted by Gasteiger charge is 2.42. The first-order chi connectivity index (χ1) is 18.4. The fourth-order valence-electron chi connectivity index (χ4n) is 4.64. The average molecular weight is 554 g/mol. The third-order valence-electron chi connectivity index (χ3n) is 6.58. The molecule has 39 heavy (non-hydrogen) atoms. The molecular weight excluding hydrogens is 518 g/mol. The van der Waals surface area contributed by atoms with Gasteiger partial charge in [0, 0.05) is 18.8 Å². The Labute approximate surface area is 231 Å². The number of pyridine rings is 1. The molecule has 3 aromatic rings. The van der Waals surface area contributed by atoms with Crippen molar-refractivity contribution in [2.24, 2.45) is 5.92 Å². The summed E-state index contributed by atoms with van der Waals surface area (Å²) in [5.41, 5.74) is 9.28. The number of ether oxygens (including phenoxy) is 1. The molecule has 1 saturated heterocycles. The molecule has 1 aromatic carbocycles. The van der Waals surface area contributed by atoms with Crippen molar-refractivity contribution in [2.45, 2.75) is 71.7 Å². The van der Waals surface area contributed by atoms with Gasteiger partial charge in [0.25, 0.3) is 0 Å². The number of amides is 3. The van der Waals surface area contributed by atoms with Crippen LogP contribution in [-0.4, -0.2) is 60.8 Å². The number of nitrogens with one attached hydrogen (secondary N) is 2. The second kappa shape index (κ2) is 11.5. The number of aromatic nitrogens is 3. The van der Waals surface area contributed by atoms with Crippen LogP contribution in [0.3, 0.4) is 0 Å². The van der Waals surface area contributed by atoms with Gasteiger partial charge in [-0.25, -0.2) is 9.78 Å². The Morgan fingerprint density at radius 2 is 1.92 bits per heavy atom. The van der Waals surface area contributed by atoms with Crippen LogP contribution in [0.5, 0.6) is 0 Å². The van der Waals surface area contributed by atoms with E-state index in [1.807, 2.05) is 25.1 Å². The number of nitrogens with two attached hydrogens (primary N) is 1. The maximum absolute atomic E-state index is 13.4. The summed E-state index contributed by atoms with van der Waals surface area (Å²) in [6.07, 6.45) is 0.567. The van der Waals surface area contributed by atoms with Gasteiger partial charge in [-0.15, -0.1) is 0 Å². The summed E-state index contributed by atoms with van der Waals surface area (Å²) < 4.78 is 14.2. The topological polar surface area (TPSA) is 152 Å². The van der Waals surface area contributed by atoms with Crippen molar-refractivity contribution in [1.29, 1.82) is 0 Å². The molecule has 1 fully saturated rings. The van der Waals surface area contributed by atoms with E-state index < -0.39 is 29.7 Å². The van der Waals surface area contributed by atoms with Crippen LogP contribution in [0.25, 0.3) is 11.0 Å². The number of nitrogens with zero attached hydrogens (tertiary/aromatic N) is 4. The third kappa shape index (κ3) is 7.20. The van der Waals surface area contributed by atoms with E-state index in [4.69, 9.17) is 10.5 Å². The van der Waals surface area contributed by atoms with Gasteiger partial charge in [-0.05, 0) is 82.7 Å². The molecule has 0 saturated carbocycles. The molecular formula is C27H35N7O4S. The molecule has 1 aliphatic heterocycles. The number of fused-ring (bicyclic) bond motifs is 1. The molecule has 0 bridgehead atoms. The van der Waals surface area contributed by atoms with E-state index in [0.717, 1.165) is 27.9 Å². The molecule has 4 N–H and O–H groups in total. The number of likely N-dealkylation sites (tertiary alicyclic amines) is 1. The Bertz CT molecular complexity index is 1370. The molecule has 1 aliphatic rings. The lowest BCUT2D eigenvalue weighted by Crippen LogP contribution is -2.52. The van der Waals surface area contributed by atoms with Gasteiger partial charge in [0.2, 0.25) is 11.8 Å². The largest absolute Gasteiger partial charge is 0.444 e. The number of anilines is 1. The molecule has 0 unspecified atom stereocenters. The highest BCUT2D eigenvalue weighted by Crippen LogP contribution is 2.29. The predicted molar refractivity (Wildman–Crippen MR) is 149 cm³/mol. The zero-order chi connectivity index (χ0) is 28.3. The first-order valence-electron chi connectivity index (χ1n) is 12.9. The van der Waals surface area contributed by atoms with Gasteiger partial charge in [-0.3, -0.25) is 14.5 Å². The molecule has 208 valence electrons. The predicted octanol–water partition coefficient (Wildman–Crippen LogP) is 2.97. The van der Waals surface area contributed by atoms with E-state index in [2.05, 4.69) is 24.4 Å². The minimum atomic E-state index is -0.807. The van der Waals surface area contributed by atoms with Gasteiger partial charge in [-0.2, -0.15) is 8.75 Å². The molecule has 4 rings (SSSR count). The lowest BCUT2D eigenvalue weighted by Gasteiger charge is -2.28. The van der Waals surface area contributed by atoms with Crippen LogP contribution in [0.15, 0.2) is 30.3 Å². The van der Waals surface area contributed by atoms with E-state index in [1.165, 1.54) is 16.6 Å². The summed E-state index contributed by atoms with van der Waals surface area (Å²) in [5, 5.41) is 5.61.